The fourth-order valence-electron chi connectivity index (χ4n) is 3.37. The van der Waals surface area contributed by atoms with E-state index < -0.39 is 11.2 Å². The maximum Gasteiger partial charge on any atom is 0.326 e. The highest BCUT2D eigenvalue weighted by Gasteiger charge is 2.33. The average molecular weight is 423 g/mol. The zero-order chi connectivity index (χ0) is 20.9. The molecule has 0 unspecified atom stereocenters. The number of anilines is 1. The molecule has 0 radical (unpaired) electrons. The fraction of sp³-hybridized carbons (Fsp3) is 0.273. The number of carbonyl (C=O) groups excluding carboxylic acids is 2. The van der Waals surface area contributed by atoms with Gasteiger partial charge in [-0.05, 0) is 43.5 Å². The van der Waals surface area contributed by atoms with Gasteiger partial charge < -0.3 is 9.15 Å². The number of rotatable bonds is 6. The van der Waals surface area contributed by atoms with E-state index in [4.69, 9.17) is 9.15 Å². The maximum absolute atomic E-state index is 13.3. The van der Waals surface area contributed by atoms with Crippen molar-refractivity contribution in [3.63, 3.8) is 0 Å². The number of esters is 1. The van der Waals surface area contributed by atoms with Crippen LogP contribution in [-0.2, 0) is 20.7 Å². The first-order valence-electron chi connectivity index (χ1n) is 9.76. The van der Waals surface area contributed by atoms with E-state index in [1.54, 1.807) is 6.92 Å². The monoisotopic (exact) mass is 423 g/mol. The minimum atomic E-state index is -0.448. The average Bonchev–Trinajstić information content (AvgIpc) is 3.20. The van der Waals surface area contributed by atoms with Crippen molar-refractivity contribution in [1.82, 2.24) is 10.2 Å². The van der Waals surface area contributed by atoms with Crippen molar-refractivity contribution in [2.45, 2.75) is 30.2 Å². The zero-order valence-electron chi connectivity index (χ0n) is 16.5. The number of carbonyl (C=O) groups is 2. The lowest BCUT2D eigenvalue weighted by Gasteiger charge is -2.24. The molecule has 0 saturated carbocycles. The molecule has 0 saturated heterocycles. The number of nitrogens with zero attached hydrogens (tertiary/aromatic N) is 3. The highest BCUT2D eigenvalue weighted by molar-refractivity contribution is 8.00. The summed E-state index contributed by atoms with van der Waals surface area (Å²) in [5.74, 6) is -0.196. The summed E-state index contributed by atoms with van der Waals surface area (Å²) in [4.78, 5) is 27.0. The summed E-state index contributed by atoms with van der Waals surface area (Å²) < 4.78 is 10.8. The summed E-state index contributed by atoms with van der Waals surface area (Å²) in [5, 5.41) is 8.08. The Labute approximate surface area is 178 Å². The molecule has 30 heavy (non-hydrogen) atoms. The molecule has 3 aromatic rings. The molecule has 1 amide bonds. The second kappa shape index (κ2) is 9.13. The molecule has 0 fully saturated rings. The molecular formula is C22H21N3O4S. The first-order chi connectivity index (χ1) is 14.7. The third-order valence-electron chi connectivity index (χ3n) is 4.76. The van der Waals surface area contributed by atoms with Crippen LogP contribution >= 0.6 is 11.8 Å². The lowest BCUT2D eigenvalue weighted by molar-refractivity contribution is -0.142. The van der Waals surface area contributed by atoms with Crippen LogP contribution in [0.15, 0.2) is 64.2 Å². The second-order valence-corrected chi connectivity index (χ2v) is 7.90. The Balaban J connectivity index is 1.56. The van der Waals surface area contributed by atoms with E-state index in [1.807, 2.05) is 54.6 Å². The van der Waals surface area contributed by atoms with Crippen molar-refractivity contribution in [2.24, 2.45) is 0 Å². The molecule has 0 spiro atoms. The van der Waals surface area contributed by atoms with Gasteiger partial charge in [-0.15, -0.1) is 10.2 Å². The van der Waals surface area contributed by atoms with Crippen LogP contribution < -0.4 is 4.90 Å². The van der Waals surface area contributed by atoms with Crippen molar-refractivity contribution in [3.8, 4) is 11.5 Å². The predicted octanol–water partition coefficient (Wildman–Crippen LogP) is 3.74. The lowest BCUT2D eigenvalue weighted by atomic mass is 10.1. The third-order valence-corrected chi connectivity index (χ3v) is 5.85. The van der Waals surface area contributed by atoms with Gasteiger partial charge in [0.25, 0.3) is 5.22 Å². The van der Waals surface area contributed by atoms with Crippen molar-refractivity contribution >= 4 is 29.3 Å². The lowest BCUT2D eigenvalue weighted by Crippen LogP contribution is -2.41. The van der Waals surface area contributed by atoms with Gasteiger partial charge in [0.05, 0.1) is 11.9 Å². The van der Waals surface area contributed by atoms with Gasteiger partial charge in [0.15, 0.2) is 0 Å². The first kappa shape index (κ1) is 20.2. The van der Waals surface area contributed by atoms with Crippen molar-refractivity contribution < 1.29 is 18.7 Å². The standard InChI is InChI=1S/C22H21N3O4S/c1-2-28-19(26)14-25-17-11-7-6-8-15(17)12-13-18(21(25)27)30-22-24-23-20(29-22)16-9-4-3-5-10-16/h3-11,18H,2,12-14H2,1H3/t18-/m1/s1. The van der Waals surface area contributed by atoms with Gasteiger partial charge in [0, 0.05) is 11.3 Å². The Hall–Kier alpha value is -3.13. The molecule has 7 nitrogen and oxygen atoms in total. The third kappa shape index (κ3) is 4.38. The van der Waals surface area contributed by atoms with E-state index in [2.05, 4.69) is 10.2 Å². The van der Waals surface area contributed by atoms with Gasteiger partial charge in [0.2, 0.25) is 11.8 Å². The first-order valence-corrected chi connectivity index (χ1v) is 10.6. The van der Waals surface area contributed by atoms with Crippen LogP contribution in [0.4, 0.5) is 5.69 Å². The molecule has 2 aromatic carbocycles. The van der Waals surface area contributed by atoms with Crippen molar-refractivity contribution in [2.75, 3.05) is 18.1 Å². The van der Waals surface area contributed by atoms with Crippen LogP contribution in [0.3, 0.4) is 0 Å². The number of hydrogen-bond acceptors (Lipinski definition) is 7. The number of para-hydroxylation sites is 1. The molecule has 1 aliphatic rings. The molecule has 4 rings (SSSR count). The van der Waals surface area contributed by atoms with E-state index in [0.29, 0.717) is 24.0 Å². The summed E-state index contributed by atoms with van der Waals surface area (Å²) >= 11 is 1.23. The number of aromatic nitrogens is 2. The maximum atomic E-state index is 13.3. The van der Waals surface area contributed by atoms with E-state index >= 15 is 0 Å². The molecule has 0 N–H and O–H groups in total. The van der Waals surface area contributed by atoms with Gasteiger partial charge in [-0.25, -0.2) is 0 Å². The van der Waals surface area contributed by atoms with Crippen LogP contribution in [0.5, 0.6) is 0 Å². The fourth-order valence-corrected chi connectivity index (χ4v) is 4.29. The Kier molecular flexibility index (Phi) is 6.13. The Bertz CT molecular complexity index is 1040. The minimum Gasteiger partial charge on any atom is -0.465 e. The van der Waals surface area contributed by atoms with Gasteiger partial charge in [-0.1, -0.05) is 48.2 Å². The number of thioether (sulfide) groups is 1. The van der Waals surface area contributed by atoms with E-state index in [9.17, 15) is 9.59 Å². The summed E-state index contributed by atoms with van der Waals surface area (Å²) in [6, 6.07) is 17.1. The molecule has 1 aliphatic heterocycles. The molecule has 0 aliphatic carbocycles. The highest BCUT2D eigenvalue weighted by atomic mass is 32.2. The zero-order valence-corrected chi connectivity index (χ0v) is 17.3. The predicted molar refractivity (Wildman–Crippen MR) is 113 cm³/mol. The number of aryl methyl sites for hydroxylation is 1. The molecule has 0 bridgehead atoms. The number of amides is 1. The highest BCUT2D eigenvalue weighted by Crippen LogP contribution is 2.35. The van der Waals surface area contributed by atoms with Gasteiger partial charge in [0.1, 0.15) is 6.54 Å². The Morgan fingerprint density at radius 2 is 1.93 bits per heavy atom. The number of ether oxygens (including phenoxy) is 1. The van der Waals surface area contributed by atoms with Gasteiger partial charge in [-0.3, -0.25) is 14.5 Å². The summed E-state index contributed by atoms with van der Waals surface area (Å²) in [6.07, 6.45) is 1.31. The molecule has 1 atom stereocenters. The summed E-state index contributed by atoms with van der Waals surface area (Å²) in [7, 11) is 0. The largest absolute Gasteiger partial charge is 0.465 e. The van der Waals surface area contributed by atoms with E-state index in [1.165, 1.54) is 16.7 Å². The van der Waals surface area contributed by atoms with Crippen molar-refractivity contribution in [3.05, 3.63) is 60.2 Å². The smallest absolute Gasteiger partial charge is 0.326 e. The minimum absolute atomic E-state index is 0.125. The number of fused-ring (bicyclic) bond motifs is 1. The quantitative estimate of drug-likeness (QED) is 0.558. The Morgan fingerprint density at radius 1 is 1.17 bits per heavy atom. The summed E-state index contributed by atoms with van der Waals surface area (Å²) in [5.41, 5.74) is 2.59. The number of benzene rings is 2. The van der Waals surface area contributed by atoms with Gasteiger partial charge in [-0.2, -0.15) is 0 Å². The normalized spacial score (nSPS) is 16.1. The molecule has 1 aromatic heterocycles. The van der Waals surface area contributed by atoms with Crippen LogP contribution in [0, 0.1) is 0 Å². The second-order valence-electron chi connectivity index (χ2n) is 6.74. The SMILES string of the molecule is CCOC(=O)CN1C(=O)[C@H](Sc2nnc(-c3ccccc3)o2)CCc2ccccc21. The van der Waals surface area contributed by atoms with E-state index in [0.717, 1.165) is 16.8 Å². The molecule has 2 heterocycles. The van der Waals surface area contributed by atoms with Crippen LogP contribution in [0.1, 0.15) is 18.9 Å². The molecular weight excluding hydrogens is 402 g/mol. The van der Waals surface area contributed by atoms with Crippen LogP contribution in [-0.4, -0.2) is 40.5 Å². The summed E-state index contributed by atoms with van der Waals surface area (Å²) in [6.45, 7) is 1.89. The molecule has 154 valence electrons. The van der Waals surface area contributed by atoms with Crippen LogP contribution in [0.2, 0.25) is 0 Å². The van der Waals surface area contributed by atoms with Crippen LogP contribution in [0.25, 0.3) is 11.5 Å². The van der Waals surface area contributed by atoms with Gasteiger partial charge >= 0.3 is 5.97 Å². The Morgan fingerprint density at radius 3 is 2.73 bits per heavy atom. The number of hydrogen-bond donors (Lipinski definition) is 0. The molecule has 8 heteroatoms. The topological polar surface area (TPSA) is 85.5 Å². The van der Waals surface area contributed by atoms with Crippen molar-refractivity contribution in [1.29, 1.82) is 0 Å². The van der Waals surface area contributed by atoms with E-state index in [-0.39, 0.29) is 19.1 Å².